The van der Waals surface area contributed by atoms with Gasteiger partial charge >= 0.3 is 5.97 Å². The maximum absolute atomic E-state index is 13.7. The average Bonchev–Trinajstić information content (AvgIpc) is 2.67. The second-order valence-corrected chi connectivity index (χ2v) is 12.6. The predicted octanol–water partition coefficient (Wildman–Crippen LogP) is 3.57. The molecule has 0 saturated carbocycles. The highest BCUT2D eigenvalue weighted by atomic mass is 32.3. The number of benzene rings is 1. The average molecular weight is 440 g/mol. The van der Waals surface area contributed by atoms with Gasteiger partial charge in [0.15, 0.2) is 4.08 Å². The Hall–Kier alpha value is -1.22. The lowest BCUT2D eigenvalue weighted by Crippen LogP contribution is -2.61. The van der Waals surface area contributed by atoms with Gasteiger partial charge in [0.1, 0.15) is 6.04 Å². The fourth-order valence-corrected chi connectivity index (χ4v) is 8.49. The smallest absolute Gasteiger partial charge is 0.323 e. The van der Waals surface area contributed by atoms with Crippen LogP contribution in [0.3, 0.4) is 0 Å². The van der Waals surface area contributed by atoms with Crippen molar-refractivity contribution in [1.29, 1.82) is 0 Å². The molecule has 1 fully saturated rings. The van der Waals surface area contributed by atoms with E-state index in [-0.39, 0.29) is 12.5 Å². The summed E-state index contributed by atoms with van der Waals surface area (Å²) in [5.74, 6) is -0.538. The van der Waals surface area contributed by atoms with Gasteiger partial charge in [-0.25, -0.2) is 8.42 Å². The Morgan fingerprint density at radius 3 is 2.36 bits per heavy atom. The molecule has 1 aliphatic carbocycles. The van der Waals surface area contributed by atoms with Crippen molar-refractivity contribution in [3.63, 3.8) is 0 Å². The van der Waals surface area contributed by atoms with E-state index < -0.39 is 30.9 Å². The SMILES string of the molecule is CSC1(S(=O)(=O)N2CCSC(C)(C)[C@@H]2C(=O)O)C=CC(c2ccccc2)C=C1. The summed E-state index contributed by atoms with van der Waals surface area (Å²) in [7, 11) is -3.94. The van der Waals surface area contributed by atoms with E-state index in [1.807, 2.05) is 42.5 Å². The summed E-state index contributed by atoms with van der Waals surface area (Å²) in [5, 5.41) is 9.79. The molecule has 1 heterocycles. The lowest BCUT2D eigenvalue weighted by molar-refractivity contribution is -0.142. The number of hydrogen-bond acceptors (Lipinski definition) is 5. The van der Waals surface area contributed by atoms with Gasteiger partial charge in [0.05, 0.1) is 0 Å². The van der Waals surface area contributed by atoms with E-state index in [2.05, 4.69) is 0 Å². The Labute approximate surface area is 175 Å². The fourth-order valence-electron chi connectivity index (χ4n) is 3.72. The quantitative estimate of drug-likeness (QED) is 0.707. The Bertz CT molecular complexity index is 879. The van der Waals surface area contributed by atoms with E-state index in [1.165, 1.54) is 27.8 Å². The van der Waals surface area contributed by atoms with Crippen molar-refractivity contribution in [2.24, 2.45) is 0 Å². The third kappa shape index (κ3) is 3.67. The van der Waals surface area contributed by atoms with Crippen LogP contribution in [-0.2, 0) is 14.8 Å². The van der Waals surface area contributed by atoms with Gasteiger partial charge in [-0.15, -0.1) is 11.8 Å². The van der Waals surface area contributed by atoms with Crippen LogP contribution in [-0.4, -0.2) is 57.2 Å². The molecule has 3 rings (SSSR count). The molecule has 0 amide bonds. The molecule has 1 N–H and O–H groups in total. The molecule has 1 saturated heterocycles. The number of rotatable bonds is 5. The first kappa shape index (κ1) is 21.5. The summed E-state index contributed by atoms with van der Waals surface area (Å²) in [6, 6.07) is 8.76. The van der Waals surface area contributed by atoms with Crippen molar-refractivity contribution in [3.8, 4) is 0 Å². The van der Waals surface area contributed by atoms with E-state index in [4.69, 9.17) is 0 Å². The summed E-state index contributed by atoms with van der Waals surface area (Å²) in [4.78, 5) is 12.0. The van der Waals surface area contributed by atoms with E-state index in [9.17, 15) is 18.3 Å². The maximum Gasteiger partial charge on any atom is 0.323 e. The van der Waals surface area contributed by atoms with Crippen LogP contribution in [0.1, 0.15) is 25.3 Å². The zero-order chi connectivity index (χ0) is 20.6. The molecular formula is C20H25NO4S3. The summed E-state index contributed by atoms with van der Waals surface area (Å²) in [6.07, 6.45) is 8.94. The van der Waals surface area contributed by atoms with Gasteiger partial charge in [-0.05, 0) is 25.7 Å². The molecule has 0 radical (unpaired) electrons. The van der Waals surface area contributed by atoms with Gasteiger partial charge in [0.25, 0.3) is 0 Å². The molecule has 0 bridgehead atoms. The second-order valence-electron chi connectivity index (χ2n) is 7.39. The van der Waals surface area contributed by atoms with E-state index in [0.717, 1.165) is 5.56 Å². The first-order chi connectivity index (χ1) is 13.1. The Balaban J connectivity index is 1.98. The number of carboxylic acid groups (broad SMARTS) is 1. The Morgan fingerprint density at radius 1 is 1.21 bits per heavy atom. The minimum absolute atomic E-state index is 0.000276. The number of carboxylic acids is 1. The first-order valence-corrected chi connectivity index (χ1v) is 12.7. The molecule has 0 spiro atoms. The number of sulfonamides is 1. The van der Waals surface area contributed by atoms with Crippen molar-refractivity contribution in [2.45, 2.75) is 34.6 Å². The molecule has 1 aromatic carbocycles. The Morgan fingerprint density at radius 2 is 1.82 bits per heavy atom. The van der Waals surface area contributed by atoms with Crippen molar-refractivity contribution in [1.82, 2.24) is 4.31 Å². The highest BCUT2D eigenvalue weighted by Gasteiger charge is 2.54. The zero-order valence-corrected chi connectivity index (χ0v) is 18.6. The third-order valence-corrected chi connectivity index (χ3v) is 10.7. The molecule has 1 aromatic rings. The molecule has 152 valence electrons. The van der Waals surface area contributed by atoms with Crippen molar-refractivity contribution in [3.05, 3.63) is 60.2 Å². The molecular weight excluding hydrogens is 414 g/mol. The van der Waals surface area contributed by atoms with Crippen LogP contribution in [0.25, 0.3) is 0 Å². The van der Waals surface area contributed by atoms with Gasteiger partial charge in [-0.3, -0.25) is 4.79 Å². The van der Waals surface area contributed by atoms with Gasteiger partial charge in [-0.1, -0.05) is 54.6 Å². The van der Waals surface area contributed by atoms with Gasteiger partial charge in [0, 0.05) is 23.0 Å². The number of nitrogens with zero attached hydrogens (tertiary/aromatic N) is 1. The monoisotopic (exact) mass is 439 g/mol. The van der Waals surface area contributed by atoms with E-state index in [1.54, 1.807) is 32.3 Å². The molecule has 1 aliphatic heterocycles. The standard InChI is InChI=1S/C20H25NO4S3/c1-19(2)17(18(22)23)21(13-14-27-19)28(24,25)20(26-3)11-9-16(10-12-20)15-7-5-4-6-8-15/h4-12,16-17H,13-14H2,1-3H3,(H,22,23)/t16?,17-,20?/m0/s1. The van der Waals surface area contributed by atoms with E-state index in [0.29, 0.717) is 5.75 Å². The minimum Gasteiger partial charge on any atom is -0.480 e. The molecule has 0 unspecified atom stereocenters. The van der Waals surface area contributed by atoms with Crippen LogP contribution in [0, 0.1) is 0 Å². The summed E-state index contributed by atoms with van der Waals surface area (Å²) in [5.41, 5.74) is 1.08. The summed E-state index contributed by atoms with van der Waals surface area (Å²) in [6.45, 7) is 3.78. The van der Waals surface area contributed by atoms with Gasteiger partial charge in [-0.2, -0.15) is 16.1 Å². The van der Waals surface area contributed by atoms with Crippen molar-refractivity contribution in [2.75, 3.05) is 18.6 Å². The molecule has 28 heavy (non-hydrogen) atoms. The molecule has 0 aromatic heterocycles. The molecule has 5 nitrogen and oxygen atoms in total. The molecule has 2 aliphatic rings. The van der Waals surface area contributed by atoms with Gasteiger partial charge in [0.2, 0.25) is 10.0 Å². The number of allylic oxidation sites excluding steroid dienone is 2. The van der Waals surface area contributed by atoms with Gasteiger partial charge < -0.3 is 5.11 Å². The second kappa shape index (κ2) is 7.89. The lowest BCUT2D eigenvalue weighted by atomic mass is 9.95. The maximum atomic E-state index is 13.7. The highest BCUT2D eigenvalue weighted by molar-refractivity contribution is 8.14. The van der Waals surface area contributed by atoms with Crippen LogP contribution in [0.2, 0.25) is 0 Å². The largest absolute Gasteiger partial charge is 0.480 e. The number of carbonyl (C=O) groups is 1. The summed E-state index contributed by atoms with van der Waals surface area (Å²) >= 11 is 2.70. The first-order valence-electron chi connectivity index (χ1n) is 9.01. The number of hydrogen-bond donors (Lipinski definition) is 1. The lowest BCUT2D eigenvalue weighted by Gasteiger charge is -2.45. The van der Waals surface area contributed by atoms with Crippen molar-refractivity contribution < 1.29 is 18.3 Å². The van der Waals surface area contributed by atoms with E-state index >= 15 is 0 Å². The van der Waals surface area contributed by atoms with Crippen LogP contribution >= 0.6 is 23.5 Å². The highest BCUT2D eigenvalue weighted by Crippen LogP contribution is 2.44. The van der Waals surface area contributed by atoms with Crippen LogP contribution in [0.5, 0.6) is 0 Å². The number of aliphatic carboxylic acids is 1. The van der Waals surface area contributed by atoms with Crippen LogP contribution in [0.15, 0.2) is 54.6 Å². The topological polar surface area (TPSA) is 74.7 Å². The number of thioether (sulfide) groups is 2. The third-order valence-electron chi connectivity index (χ3n) is 5.25. The van der Waals surface area contributed by atoms with Crippen LogP contribution in [0.4, 0.5) is 0 Å². The predicted molar refractivity (Wildman–Crippen MR) is 117 cm³/mol. The minimum atomic E-state index is -3.94. The zero-order valence-electron chi connectivity index (χ0n) is 16.1. The molecule has 1 atom stereocenters. The normalized spacial score (nSPS) is 30.2. The molecule has 8 heteroatoms. The van der Waals surface area contributed by atoms with Crippen LogP contribution < -0.4 is 0 Å². The fraction of sp³-hybridized carbons (Fsp3) is 0.450. The van der Waals surface area contributed by atoms with Crippen molar-refractivity contribution >= 4 is 39.5 Å². The Kier molecular flexibility index (Phi) is 6.06. The summed E-state index contributed by atoms with van der Waals surface area (Å²) < 4.78 is 26.5.